The Balaban J connectivity index is 0.830. The summed E-state index contributed by atoms with van der Waals surface area (Å²) in [4.78, 5) is 0. The molecule has 0 aliphatic carbocycles. The molecule has 6 aromatic heterocycles. The molecule has 0 aliphatic rings. The normalized spacial score (nSPS) is 12.3. The van der Waals surface area contributed by atoms with Gasteiger partial charge in [0.25, 0.3) is 0 Å². The number of fused-ring (bicyclic) bond motifs is 21. The van der Waals surface area contributed by atoms with Crippen molar-refractivity contribution in [3.8, 4) is 17.1 Å². The first kappa shape index (κ1) is 43.8. The number of rotatable bonds is 6. The van der Waals surface area contributed by atoms with Crippen LogP contribution in [0.4, 0.5) is 0 Å². The summed E-state index contributed by atoms with van der Waals surface area (Å²) in [7, 11) is 0. The number of para-hydroxylation sites is 3. The minimum Gasteiger partial charge on any atom is -0.309 e. The molecule has 0 N–H and O–H groups in total. The van der Waals surface area contributed by atoms with Crippen molar-refractivity contribution in [1.82, 2.24) is 13.7 Å². The molecule has 0 saturated heterocycles. The van der Waals surface area contributed by atoms with Crippen molar-refractivity contribution in [1.29, 1.82) is 0 Å². The SMILES string of the molecule is c1ccc2c(c1)sc1ccc3c4ccccc4n(-c4ccc(B(c5ccc(-n6c7ccccc7c7ccc8sc9ccccc9c8c76)cc5)c5ccc(-n6c7ccccc7c7ccc8sc9ccccc9c8c76)cc5)cc4)c3c12. The van der Waals surface area contributed by atoms with E-state index >= 15 is 0 Å². The maximum atomic E-state index is 2.51. The first-order chi connectivity index (χ1) is 39.2. The molecule has 0 saturated carbocycles. The van der Waals surface area contributed by atoms with E-state index in [1.54, 1.807) is 0 Å². The van der Waals surface area contributed by atoms with E-state index < -0.39 is 0 Å². The number of hydrogen-bond donors (Lipinski definition) is 0. The minimum atomic E-state index is -0.0563. The highest BCUT2D eigenvalue weighted by Gasteiger charge is 2.26. The first-order valence-electron chi connectivity index (χ1n) is 27.0. The molecule has 3 nitrogen and oxygen atoms in total. The lowest BCUT2D eigenvalue weighted by Crippen LogP contribution is -2.52. The van der Waals surface area contributed by atoms with Crippen LogP contribution in [0.3, 0.4) is 0 Å². The van der Waals surface area contributed by atoms with Crippen LogP contribution in [0.15, 0.2) is 255 Å². The molecular formula is C72H42BN3S3. The highest BCUT2D eigenvalue weighted by molar-refractivity contribution is 7.26. The monoisotopic (exact) mass is 1060 g/mol. The maximum Gasteiger partial charge on any atom is 0.241 e. The Morgan fingerprint density at radius 1 is 0.215 bits per heavy atom. The lowest BCUT2D eigenvalue weighted by atomic mass is 9.37. The molecule has 0 aliphatic heterocycles. The molecule has 0 bridgehead atoms. The van der Waals surface area contributed by atoms with Gasteiger partial charge in [-0.1, -0.05) is 180 Å². The Hall–Kier alpha value is -9.24. The molecule has 366 valence electrons. The van der Waals surface area contributed by atoms with Crippen molar-refractivity contribution >= 4 is 183 Å². The van der Waals surface area contributed by atoms with E-state index in [4.69, 9.17) is 0 Å². The van der Waals surface area contributed by atoms with Crippen molar-refractivity contribution in [2.75, 3.05) is 0 Å². The number of aromatic nitrogens is 3. The van der Waals surface area contributed by atoms with Crippen LogP contribution < -0.4 is 16.4 Å². The third-order valence-corrected chi connectivity index (χ3v) is 20.4. The smallest absolute Gasteiger partial charge is 0.241 e. The fourth-order valence-corrected chi connectivity index (χ4v) is 16.9. The van der Waals surface area contributed by atoms with Crippen LogP contribution in [0.1, 0.15) is 0 Å². The standard InChI is InChI=1S/C72H42BN3S3/c1-7-19-58-49(13-1)52-37-40-64-67(55-16-4-10-22-61(55)77-64)70(52)74(58)46-31-25-43(26-32-46)73(44-27-33-47(34-28-44)75-59-20-8-2-14-50(59)53-38-41-65-68(71(53)75)56-17-5-11-23-62(56)78-65)45-29-35-48(36-30-45)76-60-21-9-3-15-51(60)54-39-42-66-69(72(54)76)57-18-6-12-24-63(57)79-66/h1-42H. The van der Waals surface area contributed by atoms with E-state index in [1.165, 1.54) is 142 Å². The third-order valence-electron chi connectivity index (χ3n) is 17.0. The van der Waals surface area contributed by atoms with Crippen LogP contribution >= 0.6 is 34.0 Å². The average molecular weight is 1060 g/mol. The molecule has 0 amide bonds. The molecule has 6 heterocycles. The summed E-state index contributed by atoms with van der Waals surface area (Å²) in [5, 5.41) is 15.5. The van der Waals surface area contributed by atoms with Gasteiger partial charge in [0.15, 0.2) is 0 Å². The zero-order chi connectivity index (χ0) is 51.4. The van der Waals surface area contributed by atoms with Gasteiger partial charge in [-0.15, -0.1) is 34.0 Å². The molecule has 12 aromatic carbocycles. The van der Waals surface area contributed by atoms with Gasteiger partial charge < -0.3 is 13.7 Å². The van der Waals surface area contributed by atoms with Crippen molar-refractivity contribution in [3.05, 3.63) is 255 Å². The Morgan fingerprint density at radius 2 is 0.481 bits per heavy atom. The van der Waals surface area contributed by atoms with Gasteiger partial charge in [-0.3, -0.25) is 0 Å². The first-order valence-corrected chi connectivity index (χ1v) is 29.5. The van der Waals surface area contributed by atoms with E-state index in [0.29, 0.717) is 0 Å². The van der Waals surface area contributed by atoms with Gasteiger partial charge in [0.1, 0.15) is 0 Å². The van der Waals surface area contributed by atoms with E-state index in [2.05, 4.69) is 268 Å². The van der Waals surface area contributed by atoms with Gasteiger partial charge >= 0.3 is 0 Å². The summed E-state index contributed by atoms with van der Waals surface area (Å²) in [5.74, 6) is 0. The summed E-state index contributed by atoms with van der Waals surface area (Å²) in [5.41, 5.74) is 14.6. The highest BCUT2D eigenvalue weighted by Crippen LogP contribution is 2.46. The van der Waals surface area contributed by atoms with Crippen LogP contribution in [-0.4, -0.2) is 20.4 Å². The second-order valence-electron chi connectivity index (χ2n) is 21.1. The van der Waals surface area contributed by atoms with Gasteiger partial charge in [-0.2, -0.15) is 0 Å². The van der Waals surface area contributed by atoms with Crippen LogP contribution in [0.2, 0.25) is 0 Å². The molecular weight excluding hydrogens is 1010 g/mol. The third kappa shape index (κ3) is 6.23. The van der Waals surface area contributed by atoms with Crippen molar-refractivity contribution in [3.63, 3.8) is 0 Å². The van der Waals surface area contributed by atoms with Crippen LogP contribution in [0.5, 0.6) is 0 Å². The van der Waals surface area contributed by atoms with Gasteiger partial charge in [-0.05, 0) is 91.0 Å². The predicted molar refractivity (Wildman–Crippen MR) is 346 cm³/mol. The minimum absolute atomic E-state index is 0.0563. The summed E-state index contributed by atoms with van der Waals surface area (Å²) in [6.07, 6.45) is 0. The van der Waals surface area contributed by atoms with Crippen LogP contribution in [-0.2, 0) is 0 Å². The number of thiophene rings is 3. The van der Waals surface area contributed by atoms with Gasteiger partial charge in [0, 0.05) is 110 Å². The van der Waals surface area contributed by atoms with Crippen LogP contribution in [0.25, 0.3) is 143 Å². The Bertz CT molecular complexity index is 5000. The van der Waals surface area contributed by atoms with E-state index in [0.717, 1.165) is 17.1 Å². The van der Waals surface area contributed by atoms with Gasteiger partial charge in [0.2, 0.25) is 6.71 Å². The van der Waals surface area contributed by atoms with Crippen molar-refractivity contribution in [2.24, 2.45) is 0 Å². The Kier molecular flexibility index (Phi) is 9.23. The number of benzene rings is 12. The topological polar surface area (TPSA) is 14.8 Å². The molecule has 7 heteroatoms. The largest absolute Gasteiger partial charge is 0.309 e. The molecule has 0 unspecified atom stereocenters. The fraction of sp³-hybridized carbons (Fsp3) is 0. The zero-order valence-electron chi connectivity index (χ0n) is 42.4. The second-order valence-corrected chi connectivity index (χ2v) is 24.3. The molecule has 0 radical (unpaired) electrons. The fourth-order valence-electron chi connectivity index (χ4n) is 13.6. The summed E-state index contributed by atoms with van der Waals surface area (Å²) in [6.45, 7) is -0.0563. The van der Waals surface area contributed by atoms with E-state index in [9.17, 15) is 0 Å². The molecule has 0 spiro atoms. The quantitative estimate of drug-likeness (QED) is 0.147. The van der Waals surface area contributed by atoms with Crippen molar-refractivity contribution in [2.45, 2.75) is 0 Å². The lowest BCUT2D eigenvalue weighted by Gasteiger charge is -2.19. The summed E-state index contributed by atoms with van der Waals surface area (Å²) in [6, 6.07) is 95.7. The average Bonchev–Trinajstić information content (AvgIpc) is 4.53. The molecule has 0 atom stereocenters. The van der Waals surface area contributed by atoms with E-state index in [1.807, 2.05) is 34.0 Å². The highest BCUT2D eigenvalue weighted by atomic mass is 32.1. The van der Waals surface area contributed by atoms with Crippen LogP contribution in [0, 0.1) is 0 Å². The number of hydrogen-bond acceptors (Lipinski definition) is 3. The molecule has 18 rings (SSSR count). The Labute approximate surface area is 465 Å². The van der Waals surface area contributed by atoms with Gasteiger partial charge in [0.05, 0.1) is 33.1 Å². The Morgan fingerprint density at radius 3 is 0.785 bits per heavy atom. The van der Waals surface area contributed by atoms with Crippen molar-refractivity contribution < 1.29 is 0 Å². The second kappa shape index (κ2) is 16.6. The lowest BCUT2D eigenvalue weighted by molar-refractivity contribution is 1.19. The summed E-state index contributed by atoms with van der Waals surface area (Å²) < 4.78 is 15.4. The summed E-state index contributed by atoms with van der Waals surface area (Å²) >= 11 is 5.64. The maximum absolute atomic E-state index is 2.51. The zero-order valence-corrected chi connectivity index (χ0v) is 44.8. The molecule has 18 aromatic rings. The molecule has 79 heavy (non-hydrogen) atoms. The van der Waals surface area contributed by atoms with Gasteiger partial charge in [-0.25, -0.2) is 0 Å². The predicted octanol–water partition coefficient (Wildman–Crippen LogP) is 18.6. The number of nitrogens with zero attached hydrogens (tertiary/aromatic N) is 3. The molecule has 0 fully saturated rings. The van der Waals surface area contributed by atoms with E-state index in [-0.39, 0.29) is 6.71 Å².